The first-order valence-electron chi connectivity index (χ1n) is 5.12. The summed E-state index contributed by atoms with van der Waals surface area (Å²) in [6.07, 6.45) is 0.744. The summed E-state index contributed by atoms with van der Waals surface area (Å²) in [5.74, 6) is -0.525. The molecule has 0 spiro atoms. The van der Waals surface area contributed by atoms with E-state index in [1.807, 2.05) is 30.3 Å². The van der Waals surface area contributed by atoms with Crippen molar-refractivity contribution in [1.82, 2.24) is 0 Å². The minimum absolute atomic E-state index is 0.0389. The predicted octanol–water partition coefficient (Wildman–Crippen LogP) is 1.98. The van der Waals surface area contributed by atoms with E-state index in [4.69, 9.17) is 10.8 Å². The quantitative estimate of drug-likeness (QED) is 0.776. The van der Waals surface area contributed by atoms with Gasteiger partial charge in [0.25, 0.3) is 0 Å². The maximum absolute atomic E-state index is 10.4. The molecule has 0 radical (unpaired) electrons. The number of aliphatic carboxylic acids is 1. The molecule has 0 aliphatic rings. The van der Waals surface area contributed by atoms with Gasteiger partial charge in [0.1, 0.15) is 0 Å². The molecule has 0 aliphatic heterocycles. The van der Waals surface area contributed by atoms with Gasteiger partial charge in [0, 0.05) is 6.04 Å². The smallest absolute Gasteiger partial charge is 0.304 e. The van der Waals surface area contributed by atoms with E-state index in [0.717, 1.165) is 0 Å². The Morgan fingerprint density at radius 2 is 2.00 bits per heavy atom. The molecule has 3 nitrogen and oxygen atoms in total. The Morgan fingerprint density at radius 3 is 2.53 bits per heavy atom. The molecule has 3 heteroatoms. The molecule has 1 aromatic rings. The Kier molecular flexibility index (Phi) is 4.31. The van der Waals surface area contributed by atoms with Crippen LogP contribution in [0, 0.1) is 0 Å². The van der Waals surface area contributed by atoms with Gasteiger partial charge in [-0.25, -0.2) is 0 Å². The topological polar surface area (TPSA) is 63.3 Å². The SMILES string of the molecule is C[C@@H](C[C@@H](N)CC(=O)O)c1ccccc1. The fraction of sp³-hybridized carbons (Fsp3) is 0.417. The third kappa shape index (κ3) is 4.13. The highest BCUT2D eigenvalue weighted by Gasteiger charge is 2.13. The van der Waals surface area contributed by atoms with Gasteiger partial charge in [-0.1, -0.05) is 37.3 Å². The maximum Gasteiger partial charge on any atom is 0.304 e. The molecule has 1 rings (SSSR count). The molecular weight excluding hydrogens is 190 g/mol. The molecule has 0 heterocycles. The maximum atomic E-state index is 10.4. The summed E-state index contributed by atoms with van der Waals surface area (Å²) in [5.41, 5.74) is 6.94. The number of hydrogen-bond donors (Lipinski definition) is 2. The molecule has 0 aliphatic carbocycles. The zero-order valence-corrected chi connectivity index (χ0v) is 8.89. The Labute approximate surface area is 89.9 Å². The molecule has 0 unspecified atom stereocenters. The lowest BCUT2D eigenvalue weighted by molar-refractivity contribution is -0.137. The van der Waals surface area contributed by atoms with Crippen molar-refractivity contribution in [3.63, 3.8) is 0 Å². The second kappa shape index (κ2) is 5.51. The largest absolute Gasteiger partial charge is 0.481 e. The molecule has 15 heavy (non-hydrogen) atoms. The number of carboxylic acids is 1. The second-order valence-electron chi connectivity index (χ2n) is 3.91. The highest BCUT2D eigenvalue weighted by Crippen LogP contribution is 2.20. The van der Waals surface area contributed by atoms with Crippen LogP contribution in [0.15, 0.2) is 30.3 Å². The molecule has 3 N–H and O–H groups in total. The van der Waals surface area contributed by atoms with Gasteiger partial charge in [-0.3, -0.25) is 4.79 Å². The number of benzene rings is 1. The van der Waals surface area contributed by atoms with Gasteiger partial charge in [0.15, 0.2) is 0 Å². The molecule has 1 aromatic carbocycles. The Bertz CT molecular complexity index is 311. The van der Waals surface area contributed by atoms with Gasteiger partial charge in [-0.15, -0.1) is 0 Å². The van der Waals surface area contributed by atoms with Crippen LogP contribution in [0.1, 0.15) is 31.2 Å². The first-order valence-corrected chi connectivity index (χ1v) is 5.12. The second-order valence-corrected chi connectivity index (χ2v) is 3.91. The molecule has 82 valence electrons. The normalized spacial score (nSPS) is 14.5. The Morgan fingerprint density at radius 1 is 1.40 bits per heavy atom. The van der Waals surface area contributed by atoms with E-state index in [-0.39, 0.29) is 12.5 Å². The van der Waals surface area contributed by atoms with E-state index in [1.54, 1.807) is 0 Å². The van der Waals surface area contributed by atoms with E-state index in [2.05, 4.69) is 6.92 Å². The number of nitrogens with two attached hydrogens (primary N) is 1. The summed E-state index contributed by atoms with van der Waals surface area (Å²) in [4.78, 5) is 10.4. The first kappa shape index (κ1) is 11.7. The van der Waals surface area contributed by atoms with E-state index in [1.165, 1.54) is 5.56 Å². The number of rotatable bonds is 5. The van der Waals surface area contributed by atoms with E-state index >= 15 is 0 Å². The summed E-state index contributed by atoms with van der Waals surface area (Å²) in [7, 11) is 0. The van der Waals surface area contributed by atoms with Crippen molar-refractivity contribution in [2.75, 3.05) is 0 Å². The van der Waals surface area contributed by atoms with Crippen LogP contribution in [0.2, 0.25) is 0 Å². The van der Waals surface area contributed by atoms with Gasteiger partial charge in [0.2, 0.25) is 0 Å². The lowest BCUT2D eigenvalue weighted by Gasteiger charge is -2.15. The minimum Gasteiger partial charge on any atom is -0.481 e. The van der Waals surface area contributed by atoms with Crippen LogP contribution in [-0.4, -0.2) is 17.1 Å². The number of carboxylic acid groups (broad SMARTS) is 1. The van der Waals surface area contributed by atoms with Crippen LogP contribution in [-0.2, 0) is 4.79 Å². The van der Waals surface area contributed by atoms with Crippen LogP contribution in [0.4, 0.5) is 0 Å². The van der Waals surface area contributed by atoms with Gasteiger partial charge in [-0.2, -0.15) is 0 Å². The third-order valence-corrected chi connectivity index (χ3v) is 2.46. The summed E-state index contributed by atoms with van der Waals surface area (Å²) in [6.45, 7) is 2.07. The summed E-state index contributed by atoms with van der Waals surface area (Å²) >= 11 is 0. The molecular formula is C12H17NO2. The summed E-state index contributed by atoms with van der Waals surface area (Å²) < 4.78 is 0. The zero-order chi connectivity index (χ0) is 11.3. The van der Waals surface area contributed by atoms with Gasteiger partial charge in [-0.05, 0) is 17.9 Å². The highest BCUT2D eigenvalue weighted by atomic mass is 16.4. The third-order valence-electron chi connectivity index (χ3n) is 2.46. The van der Waals surface area contributed by atoms with Crippen LogP contribution in [0.25, 0.3) is 0 Å². The van der Waals surface area contributed by atoms with Crippen molar-refractivity contribution in [2.45, 2.75) is 31.7 Å². The predicted molar refractivity (Wildman–Crippen MR) is 59.7 cm³/mol. The molecule has 2 atom stereocenters. The Hall–Kier alpha value is -1.35. The molecule has 0 aromatic heterocycles. The number of carbonyl (C=O) groups is 1. The van der Waals surface area contributed by atoms with E-state index in [9.17, 15) is 4.79 Å². The average Bonchev–Trinajstić information content (AvgIpc) is 2.17. The van der Waals surface area contributed by atoms with Crippen molar-refractivity contribution in [2.24, 2.45) is 5.73 Å². The summed E-state index contributed by atoms with van der Waals surface area (Å²) in [5, 5.41) is 8.59. The average molecular weight is 207 g/mol. The molecule has 0 amide bonds. The van der Waals surface area contributed by atoms with Gasteiger partial charge < -0.3 is 10.8 Å². The standard InChI is InChI=1S/C12H17NO2/c1-9(7-11(13)8-12(14)15)10-5-3-2-4-6-10/h2-6,9,11H,7-8,13H2,1H3,(H,14,15)/t9-,11+/m0/s1. The first-order chi connectivity index (χ1) is 7.09. The molecule has 0 fully saturated rings. The summed E-state index contributed by atoms with van der Waals surface area (Å²) in [6, 6.07) is 9.74. The van der Waals surface area contributed by atoms with Crippen molar-refractivity contribution < 1.29 is 9.90 Å². The molecule has 0 saturated carbocycles. The van der Waals surface area contributed by atoms with Crippen LogP contribution in [0.3, 0.4) is 0 Å². The fourth-order valence-electron chi connectivity index (χ4n) is 1.68. The van der Waals surface area contributed by atoms with Crippen LogP contribution < -0.4 is 5.73 Å². The van der Waals surface area contributed by atoms with Gasteiger partial charge in [0.05, 0.1) is 6.42 Å². The number of hydrogen-bond acceptors (Lipinski definition) is 2. The molecule has 0 bridgehead atoms. The monoisotopic (exact) mass is 207 g/mol. The minimum atomic E-state index is -0.831. The van der Waals surface area contributed by atoms with Crippen molar-refractivity contribution in [3.05, 3.63) is 35.9 Å². The van der Waals surface area contributed by atoms with Crippen LogP contribution in [0.5, 0.6) is 0 Å². The zero-order valence-electron chi connectivity index (χ0n) is 8.89. The van der Waals surface area contributed by atoms with Gasteiger partial charge >= 0.3 is 5.97 Å². The fourth-order valence-corrected chi connectivity index (χ4v) is 1.68. The van der Waals surface area contributed by atoms with Crippen molar-refractivity contribution in [1.29, 1.82) is 0 Å². The van der Waals surface area contributed by atoms with E-state index < -0.39 is 5.97 Å². The Balaban J connectivity index is 2.49. The van der Waals surface area contributed by atoms with Crippen molar-refractivity contribution >= 4 is 5.97 Å². The lowest BCUT2D eigenvalue weighted by Crippen LogP contribution is -2.25. The van der Waals surface area contributed by atoms with Crippen LogP contribution >= 0.6 is 0 Å². The van der Waals surface area contributed by atoms with E-state index in [0.29, 0.717) is 12.3 Å². The molecule has 0 saturated heterocycles. The lowest BCUT2D eigenvalue weighted by atomic mass is 9.93. The highest BCUT2D eigenvalue weighted by molar-refractivity contribution is 5.67. The van der Waals surface area contributed by atoms with Crippen molar-refractivity contribution in [3.8, 4) is 0 Å².